The number of nitrogens with zero attached hydrogens (tertiary/aromatic N) is 4. The van der Waals surface area contributed by atoms with Gasteiger partial charge in [0.2, 0.25) is 0 Å². The highest BCUT2D eigenvalue weighted by molar-refractivity contribution is 5.81. The lowest BCUT2D eigenvalue weighted by molar-refractivity contribution is -0.149. The van der Waals surface area contributed by atoms with Crippen molar-refractivity contribution in [3.05, 3.63) is 17.7 Å². The first-order valence-corrected chi connectivity index (χ1v) is 9.38. The Morgan fingerprint density at radius 3 is 3.04 bits per heavy atom. The molecule has 25 heavy (non-hydrogen) atoms. The number of likely N-dealkylation sites (tertiary alicyclic amines) is 1. The molecule has 3 heterocycles. The molecule has 7 heteroatoms. The molecule has 0 amide bonds. The van der Waals surface area contributed by atoms with Crippen LogP contribution in [0, 0.1) is 5.92 Å². The van der Waals surface area contributed by atoms with E-state index < -0.39 is 0 Å². The molecule has 1 aromatic rings. The van der Waals surface area contributed by atoms with Crippen molar-refractivity contribution in [3.63, 3.8) is 0 Å². The lowest BCUT2D eigenvalue weighted by Crippen LogP contribution is -2.48. The van der Waals surface area contributed by atoms with Crippen molar-refractivity contribution in [3.8, 4) is 0 Å². The lowest BCUT2D eigenvalue weighted by Gasteiger charge is -2.33. The van der Waals surface area contributed by atoms with Gasteiger partial charge in [-0.3, -0.25) is 9.79 Å². The lowest BCUT2D eigenvalue weighted by atomic mass is 9.98. The SMILES string of the molecule is CCOC(=O)[C@H]1CCCN(C(=NC)NCc2cn3c(n2)CCCC3)C1. The van der Waals surface area contributed by atoms with E-state index in [1.807, 2.05) is 6.92 Å². The molecule has 0 unspecified atom stereocenters. The first-order chi connectivity index (χ1) is 12.2. The highest BCUT2D eigenvalue weighted by Gasteiger charge is 2.28. The van der Waals surface area contributed by atoms with Crippen LogP contribution in [0.25, 0.3) is 0 Å². The van der Waals surface area contributed by atoms with Gasteiger partial charge in [-0.05, 0) is 32.6 Å². The van der Waals surface area contributed by atoms with Gasteiger partial charge in [0.05, 0.1) is 24.8 Å². The molecular formula is C18H29N5O2. The molecule has 0 bridgehead atoms. The average Bonchev–Trinajstić information content (AvgIpc) is 3.05. The van der Waals surface area contributed by atoms with E-state index in [9.17, 15) is 4.79 Å². The standard InChI is InChI=1S/C18H29N5O2/c1-3-25-17(24)14-7-6-10-23(12-14)18(19-2)20-11-15-13-22-9-5-4-8-16(22)21-15/h13-14H,3-12H2,1-2H3,(H,19,20)/t14-/m0/s1. The number of aliphatic imine (C=N–C) groups is 1. The van der Waals surface area contributed by atoms with Gasteiger partial charge in [-0.25, -0.2) is 4.98 Å². The Labute approximate surface area is 149 Å². The molecular weight excluding hydrogens is 318 g/mol. The quantitative estimate of drug-likeness (QED) is 0.508. The second-order valence-electron chi connectivity index (χ2n) is 6.74. The number of piperidine rings is 1. The number of guanidine groups is 1. The number of hydrogen-bond acceptors (Lipinski definition) is 4. The van der Waals surface area contributed by atoms with Crippen LogP contribution in [0.1, 0.15) is 44.1 Å². The first kappa shape index (κ1) is 17.8. The highest BCUT2D eigenvalue weighted by Crippen LogP contribution is 2.18. The van der Waals surface area contributed by atoms with E-state index >= 15 is 0 Å². The number of carbonyl (C=O) groups is 1. The summed E-state index contributed by atoms with van der Waals surface area (Å²) in [5.41, 5.74) is 1.05. The van der Waals surface area contributed by atoms with E-state index in [0.717, 1.165) is 44.0 Å². The summed E-state index contributed by atoms with van der Waals surface area (Å²) in [4.78, 5) is 23.3. The third-order valence-electron chi connectivity index (χ3n) is 4.94. The van der Waals surface area contributed by atoms with Crippen molar-refractivity contribution in [1.29, 1.82) is 0 Å². The van der Waals surface area contributed by atoms with Gasteiger partial charge >= 0.3 is 5.97 Å². The molecule has 0 radical (unpaired) electrons. The van der Waals surface area contributed by atoms with Crippen LogP contribution < -0.4 is 5.32 Å². The van der Waals surface area contributed by atoms with E-state index in [1.54, 1.807) is 7.05 Å². The zero-order chi connectivity index (χ0) is 17.6. The number of fused-ring (bicyclic) bond motifs is 1. The molecule has 3 rings (SSSR count). The Morgan fingerprint density at radius 1 is 1.40 bits per heavy atom. The number of esters is 1. The monoisotopic (exact) mass is 347 g/mol. The number of aromatic nitrogens is 2. The van der Waals surface area contributed by atoms with Crippen molar-refractivity contribution in [1.82, 2.24) is 19.8 Å². The minimum absolute atomic E-state index is 0.0628. The molecule has 2 aliphatic heterocycles. The maximum atomic E-state index is 12.0. The van der Waals surface area contributed by atoms with Crippen LogP contribution in [0.2, 0.25) is 0 Å². The van der Waals surface area contributed by atoms with E-state index in [2.05, 4.69) is 26.0 Å². The van der Waals surface area contributed by atoms with Crippen LogP contribution in [0.15, 0.2) is 11.2 Å². The van der Waals surface area contributed by atoms with Crippen molar-refractivity contribution in [2.24, 2.45) is 10.9 Å². The molecule has 138 valence electrons. The van der Waals surface area contributed by atoms with E-state index in [1.165, 1.54) is 18.7 Å². The molecule has 1 fully saturated rings. The Kier molecular flexibility index (Phi) is 5.94. The molecule has 0 spiro atoms. The fraction of sp³-hybridized carbons (Fsp3) is 0.722. The van der Waals surface area contributed by atoms with Gasteiger partial charge in [-0.15, -0.1) is 0 Å². The van der Waals surface area contributed by atoms with E-state index in [-0.39, 0.29) is 11.9 Å². The fourth-order valence-corrected chi connectivity index (χ4v) is 3.68. The summed E-state index contributed by atoms with van der Waals surface area (Å²) >= 11 is 0. The summed E-state index contributed by atoms with van der Waals surface area (Å²) in [7, 11) is 1.79. The molecule has 0 aromatic carbocycles. The predicted octanol–water partition coefficient (Wildman–Crippen LogP) is 1.57. The van der Waals surface area contributed by atoms with Crippen molar-refractivity contribution >= 4 is 11.9 Å². The summed E-state index contributed by atoms with van der Waals surface area (Å²) in [6.45, 7) is 5.60. The number of ether oxygens (including phenoxy) is 1. The fourth-order valence-electron chi connectivity index (χ4n) is 3.68. The van der Waals surface area contributed by atoms with Crippen LogP contribution in [0.4, 0.5) is 0 Å². The van der Waals surface area contributed by atoms with Gasteiger partial charge in [0.1, 0.15) is 5.82 Å². The number of carbonyl (C=O) groups excluding carboxylic acids is 1. The number of aryl methyl sites for hydroxylation is 2. The summed E-state index contributed by atoms with van der Waals surface area (Å²) < 4.78 is 7.45. The first-order valence-electron chi connectivity index (χ1n) is 9.38. The maximum absolute atomic E-state index is 12.0. The summed E-state index contributed by atoms with van der Waals surface area (Å²) in [5, 5.41) is 3.40. The third kappa shape index (κ3) is 4.32. The molecule has 7 nitrogen and oxygen atoms in total. The number of rotatable bonds is 4. The van der Waals surface area contributed by atoms with Gasteiger partial charge in [-0.2, -0.15) is 0 Å². The topological polar surface area (TPSA) is 71.8 Å². The number of nitrogens with one attached hydrogen (secondary N) is 1. The molecule has 1 aromatic heterocycles. The van der Waals surface area contributed by atoms with E-state index in [4.69, 9.17) is 9.72 Å². The van der Waals surface area contributed by atoms with E-state index in [0.29, 0.717) is 19.7 Å². The van der Waals surface area contributed by atoms with Crippen LogP contribution in [-0.4, -0.2) is 53.1 Å². The van der Waals surface area contributed by atoms with Gasteiger partial charge in [-0.1, -0.05) is 0 Å². The zero-order valence-corrected chi connectivity index (χ0v) is 15.3. The summed E-state index contributed by atoms with van der Waals surface area (Å²) in [5.74, 6) is 1.87. The molecule has 1 saturated heterocycles. The Balaban J connectivity index is 1.57. The minimum Gasteiger partial charge on any atom is -0.466 e. The normalized spacial score (nSPS) is 21.0. The van der Waals surface area contributed by atoms with Crippen LogP contribution in [0.5, 0.6) is 0 Å². The minimum atomic E-state index is -0.0931. The van der Waals surface area contributed by atoms with Gasteiger partial charge in [0.15, 0.2) is 5.96 Å². The molecule has 0 saturated carbocycles. The number of imidazole rings is 1. The largest absolute Gasteiger partial charge is 0.466 e. The second kappa shape index (κ2) is 8.36. The van der Waals surface area contributed by atoms with Crippen LogP contribution >= 0.6 is 0 Å². The predicted molar refractivity (Wildman–Crippen MR) is 96.3 cm³/mol. The molecule has 1 atom stereocenters. The number of hydrogen-bond donors (Lipinski definition) is 1. The maximum Gasteiger partial charge on any atom is 0.310 e. The average molecular weight is 347 g/mol. The van der Waals surface area contributed by atoms with Crippen molar-refractivity contribution < 1.29 is 9.53 Å². The van der Waals surface area contributed by atoms with Gasteiger partial charge < -0.3 is 19.5 Å². The Hall–Kier alpha value is -2.05. The molecule has 0 aliphatic carbocycles. The molecule has 1 N–H and O–H groups in total. The second-order valence-corrected chi connectivity index (χ2v) is 6.74. The summed E-state index contributed by atoms with van der Waals surface area (Å²) in [6, 6.07) is 0. The molecule has 2 aliphatic rings. The highest BCUT2D eigenvalue weighted by atomic mass is 16.5. The van der Waals surface area contributed by atoms with Crippen LogP contribution in [0.3, 0.4) is 0 Å². The van der Waals surface area contributed by atoms with Crippen molar-refractivity contribution in [2.75, 3.05) is 26.7 Å². The smallest absolute Gasteiger partial charge is 0.310 e. The van der Waals surface area contributed by atoms with Gasteiger partial charge in [0, 0.05) is 39.3 Å². The van der Waals surface area contributed by atoms with Crippen molar-refractivity contribution in [2.45, 2.75) is 52.1 Å². The van der Waals surface area contributed by atoms with Crippen LogP contribution in [-0.2, 0) is 29.0 Å². The zero-order valence-electron chi connectivity index (χ0n) is 15.3. The third-order valence-corrected chi connectivity index (χ3v) is 4.94. The summed E-state index contributed by atoms with van der Waals surface area (Å²) in [6.07, 6.45) is 7.55. The van der Waals surface area contributed by atoms with Gasteiger partial charge in [0.25, 0.3) is 0 Å². The Bertz CT molecular complexity index is 601. The Morgan fingerprint density at radius 2 is 2.28 bits per heavy atom.